The Morgan fingerprint density at radius 2 is 2.05 bits per heavy atom. The van der Waals surface area contributed by atoms with Crippen molar-refractivity contribution in [1.29, 1.82) is 0 Å². The molecule has 1 N–H and O–H groups in total. The first-order valence-corrected chi connectivity index (χ1v) is 7.41. The highest BCUT2D eigenvalue weighted by molar-refractivity contribution is 9.10. The van der Waals surface area contributed by atoms with Gasteiger partial charge in [0.25, 0.3) is 0 Å². The molecule has 0 bridgehead atoms. The summed E-state index contributed by atoms with van der Waals surface area (Å²) >= 11 is 3.32. The highest BCUT2D eigenvalue weighted by Crippen LogP contribution is 2.36. The predicted molar refractivity (Wildman–Crippen MR) is 85.5 cm³/mol. The van der Waals surface area contributed by atoms with Gasteiger partial charge in [-0.1, -0.05) is 6.07 Å². The third-order valence-electron chi connectivity index (χ3n) is 3.06. The van der Waals surface area contributed by atoms with Gasteiger partial charge in [-0.2, -0.15) is 0 Å². The average molecular weight is 354 g/mol. The van der Waals surface area contributed by atoms with Gasteiger partial charge in [0.05, 0.1) is 11.1 Å². The maximum Gasteiger partial charge on any atom is 0.172 e. The molecule has 112 valence electrons. The Kier molecular flexibility index (Phi) is 5.07. The minimum absolute atomic E-state index is 0.0917. The second-order valence-corrected chi connectivity index (χ2v) is 5.55. The van der Waals surface area contributed by atoms with E-state index in [1.54, 1.807) is 12.1 Å². The van der Waals surface area contributed by atoms with Crippen LogP contribution >= 0.6 is 15.9 Å². The van der Waals surface area contributed by atoms with E-state index in [-0.39, 0.29) is 11.6 Å². The first-order valence-electron chi connectivity index (χ1n) is 6.62. The fraction of sp³-hybridized carbons (Fsp3) is 0.250. The van der Waals surface area contributed by atoms with Gasteiger partial charge in [-0.3, -0.25) is 0 Å². The van der Waals surface area contributed by atoms with E-state index in [9.17, 15) is 9.50 Å². The van der Waals surface area contributed by atoms with Gasteiger partial charge in [0.1, 0.15) is 5.82 Å². The van der Waals surface area contributed by atoms with Crippen LogP contribution in [0.3, 0.4) is 0 Å². The number of halogens is 2. The quantitative estimate of drug-likeness (QED) is 0.868. The Hall–Kier alpha value is -1.75. The lowest BCUT2D eigenvalue weighted by molar-refractivity contribution is 0.317. The van der Waals surface area contributed by atoms with Gasteiger partial charge in [-0.15, -0.1) is 0 Å². The Morgan fingerprint density at radius 3 is 2.71 bits per heavy atom. The molecule has 0 unspecified atom stereocenters. The molecule has 0 atom stereocenters. The van der Waals surface area contributed by atoms with Gasteiger partial charge < -0.3 is 14.7 Å². The highest BCUT2D eigenvalue weighted by atomic mass is 79.9. The molecule has 0 aliphatic carbocycles. The van der Waals surface area contributed by atoms with E-state index >= 15 is 0 Å². The van der Waals surface area contributed by atoms with E-state index in [2.05, 4.69) is 15.9 Å². The van der Waals surface area contributed by atoms with Crippen molar-refractivity contribution in [3.8, 4) is 11.5 Å². The fourth-order valence-corrected chi connectivity index (χ4v) is 2.55. The number of benzene rings is 2. The molecular formula is C16H17BrFNO2. The SMILES string of the molecule is CCOc1cc(CN(C)c2cccc(F)c2)cc(Br)c1O. The first-order chi connectivity index (χ1) is 10.0. The molecule has 0 spiro atoms. The normalized spacial score (nSPS) is 10.5. The molecule has 0 heterocycles. The summed E-state index contributed by atoms with van der Waals surface area (Å²) in [5.74, 6) is 0.268. The fourth-order valence-electron chi connectivity index (χ4n) is 2.06. The van der Waals surface area contributed by atoms with Crippen molar-refractivity contribution in [3.63, 3.8) is 0 Å². The topological polar surface area (TPSA) is 32.7 Å². The van der Waals surface area contributed by atoms with Crippen molar-refractivity contribution in [1.82, 2.24) is 0 Å². The molecule has 2 aromatic rings. The second-order valence-electron chi connectivity index (χ2n) is 4.69. The van der Waals surface area contributed by atoms with Crippen LogP contribution in [0.1, 0.15) is 12.5 Å². The number of hydrogen-bond acceptors (Lipinski definition) is 3. The van der Waals surface area contributed by atoms with Crippen LogP contribution in [0.2, 0.25) is 0 Å². The zero-order valence-corrected chi connectivity index (χ0v) is 13.5. The van der Waals surface area contributed by atoms with Crippen molar-refractivity contribution in [2.45, 2.75) is 13.5 Å². The van der Waals surface area contributed by atoms with E-state index in [0.29, 0.717) is 23.4 Å². The van der Waals surface area contributed by atoms with Gasteiger partial charge in [0.15, 0.2) is 11.5 Å². The van der Waals surface area contributed by atoms with E-state index in [0.717, 1.165) is 11.3 Å². The lowest BCUT2D eigenvalue weighted by Crippen LogP contribution is -2.16. The van der Waals surface area contributed by atoms with Crippen LogP contribution in [0.15, 0.2) is 40.9 Å². The molecule has 0 saturated heterocycles. The Balaban J connectivity index is 2.23. The third-order valence-corrected chi connectivity index (χ3v) is 3.66. The summed E-state index contributed by atoms with van der Waals surface area (Å²) in [6, 6.07) is 10.1. The van der Waals surface area contributed by atoms with Crippen LogP contribution in [0.25, 0.3) is 0 Å². The monoisotopic (exact) mass is 353 g/mol. The molecule has 0 aliphatic heterocycles. The molecule has 0 amide bonds. The molecule has 2 aromatic carbocycles. The predicted octanol–water partition coefficient (Wildman–Crippen LogP) is 4.33. The van der Waals surface area contributed by atoms with E-state index in [1.807, 2.05) is 31.0 Å². The van der Waals surface area contributed by atoms with Crippen molar-refractivity contribution in [2.75, 3.05) is 18.6 Å². The number of aromatic hydroxyl groups is 1. The van der Waals surface area contributed by atoms with Gasteiger partial charge in [0.2, 0.25) is 0 Å². The smallest absolute Gasteiger partial charge is 0.172 e. The maximum atomic E-state index is 13.3. The molecule has 0 saturated carbocycles. The number of rotatable bonds is 5. The summed E-state index contributed by atoms with van der Waals surface area (Å²) in [6.45, 7) is 2.91. The Bertz CT molecular complexity index is 634. The number of phenols is 1. The lowest BCUT2D eigenvalue weighted by Gasteiger charge is -2.20. The molecule has 0 fully saturated rings. The summed E-state index contributed by atoms with van der Waals surface area (Å²) < 4.78 is 19.2. The highest BCUT2D eigenvalue weighted by Gasteiger charge is 2.11. The molecule has 21 heavy (non-hydrogen) atoms. The molecule has 0 aliphatic rings. The molecule has 2 rings (SSSR count). The van der Waals surface area contributed by atoms with E-state index < -0.39 is 0 Å². The third kappa shape index (κ3) is 3.88. The van der Waals surface area contributed by atoms with E-state index in [1.165, 1.54) is 12.1 Å². The average Bonchev–Trinajstić information content (AvgIpc) is 2.44. The Morgan fingerprint density at radius 1 is 1.29 bits per heavy atom. The van der Waals surface area contributed by atoms with Crippen molar-refractivity contribution in [3.05, 3.63) is 52.3 Å². The van der Waals surface area contributed by atoms with Gasteiger partial charge in [-0.25, -0.2) is 4.39 Å². The summed E-state index contributed by atoms with van der Waals surface area (Å²) in [5, 5.41) is 9.91. The number of hydrogen-bond donors (Lipinski definition) is 1. The summed E-state index contributed by atoms with van der Waals surface area (Å²) in [4.78, 5) is 1.93. The molecule has 0 aromatic heterocycles. The zero-order chi connectivity index (χ0) is 15.4. The van der Waals surface area contributed by atoms with Crippen molar-refractivity contribution in [2.24, 2.45) is 0 Å². The van der Waals surface area contributed by atoms with Crippen LogP contribution in [0.5, 0.6) is 11.5 Å². The molecular weight excluding hydrogens is 337 g/mol. The van der Waals surface area contributed by atoms with Crippen LogP contribution in [0.4, 0.5) is 10.1 Å². The van der Waals surface area contributed by atoms with Crippen LogP contribution < -0.4 is 9.64 Å². The number of ether oxygens (including phenoxy) is 1. The van der Waals surface area contributed by atoms with Crippen LogP contribution in [-0.4, -0.2) is 18.8 Å². The summed E-state index contributed by atoms with van der Waals surface area (Å²) in [7, 11) is 1.88. The first kappa shape index (κ1) is 15.6. The van der Waals surface area contributed by atoms with Crippen molar-refractivity contribution < 1.29 is 14.2 Å². The lowest BCUT2D eigenvalue weighted by atomic mass is 10.1. The largest absolute Gasteiger partial charge is 0.503 e. The van der Waals surface area contributed by atoms with Crippen LogP contribution in [-0.2, 0) is 6.54 Å². The standard InChI is InChI=1S/C16H17BrFNO2/c1-3-21-15-8-11(7-14(17)16(15)20)10-19(2)13-6-4-5-12(18)9-13/h4-9,20H,3,10H2,1-2H3. The van der Waals surface area contributed by atoms with Gasteiger partial charge >= 0.3 is 0 Å². The van der Waals surface area contributed by atoms with Gasteiger partial charge in [0, 0.05) is 19.3 Å². The Labute approximate surface area is 132 Å². The second kappa shape index (κ2) is 6.80. The molecule has 0 radical (unpaired) electrons. The minimum Gasteiger partial charge on any atom is -0.503 e. The van der Waals surface area contributed by atoms with Crippen LogP contribution in [0, 0.1) is 5.82 Å². The zero-order valence-electron chi connectivity index (χ0n) is 11.9. The summed E-state index contributed by atoms with van der Waals surface area (Å²) in [5.41, 5.74) is 1.74. The molecule has 5 heteroatoms. The number of phenolic OH excluding ortho intramolecular Hbond substituents is 1. The van der Waals surface area contributed by atoms with E-state index in [4.69, 9.17) is 4.74 Å². The molecule has 3 nitrogen and oxygen atoms in total. The number of anilines is 1. The summed E-state index contributed by atoms with van der Waals surface area (Å²) in [6.07, 6.45) is 0. The van der Waals surface area contributed by atoms with Crippen molar-refractivity contribution >= 4 is 21.6 Å². The van der Waals surface area contributed by atoms with Gasteiger partial charge in [-0.05, 0) is 58.7 Å². The number of nitrogens with zero attached hydrogens (tertiary/aromatic N) is 1. The minimum atomic E-state index is -0.263. The maximum absolute atomic E-state index is 13.3.